The molecule has 0 aromatic heterocycles. The molecule has 27 heavy (non-hydrogen) atoms. The number of benzene rings is 2. The first-order valence-electron chi connectivity index (χ1n) is 9.95. The van der Waals surface area contributed by atoms with Crippen LogP contribution >= 0.6 is 0 Å². The predicted molar refractivity (Wildman–Crippen MR) is 110 cm³/mol. The number of nitrogens with zero attached hydrogens (tertiary/aromatic N) is 2. The van der Waals surface area contributed by atoms with Crippen LogP contribution in [-0.4, -0.2) is 41.4 Å². The monoisotopic (exact) mass is 365 g/mol. The van der Waals surface area contributed by atoms with Crippen LogP contribution in [-0.2, 0) is 17.9 Å². The van der Waals surface area contributed by atoms with Crippen molar-refractivity contribution in [1.82, 2.24) is 9.80 Å². The van der Waals surface area contributed by atoms with Gasteiger partial charge in [0.1, 0.15) is 0 Å². The third-order valence-corrected chi connectivity index (χ3v) is 5.41. The van der Waals surface area contributed by atoms with Crippen molar-refractivity contribution in [2.24, 2.45) is 11.7 Å². The zero-order valence-corrected chi connectivity index (χ0v) is 16.3. The molecule has 0 aliphatic carbocycles. The Balaban J connectivity index is 1.67. The standard InChI is InChI=1S/C23H31N3O/c1-19(24)22-13-8-14-26(17-22)23(27)18-25(15-20-9-4-2-5-10-20)16-21-11-6-3-7-12-21/h2-7,9-12,19,22H,8,13-18,24H2,1H3. The predicted octanol–water partition coefficient (Wildman–Crippen LogP) is 3.27. The number of nitrogens with two attached hydrogens (primary N) is 1. The zero-order valence-electron chi connectivity index (χ0n) is 16.3. The average Bonchev–Trinajstić information content (AvgIpc) is 2.69. The Morgan fingerprint density at radius 2 is 1.63 bits per heavy atom. The molecule has 1 saturated heterocycles. The molecule has 1 amide bonds. The summed E-state index contributed by atoms with van der Waals surface area (Å²) in [5, 5.41) is 0. The normalized spacial score (nSPS) is 18.5. The van der Waals surface area contributed by atoms with Crippen molar-refractivity contribution in [3.05, 3.63) is 71.8 Å². The van der Waals surface area contributed by atoms with E-state index in [2.05, 4.69) is 60.4 Å². The fourth-order valence-electron chi connectivity index (χ4n) is 3.81. The highest BCUT2D eigenvalue weighted by Crippen LogP contribution is 2.19. The van der Waals surface area contributed by atoms with Gasteiger partial charge in [-0.05, 0) is 36.8 Å². The first kappa shape index (κ1) is 19.6. The minimum absolute atomic E-state index is 0.144. The minimum Gasteiger partial charge on any atom is -0.341 e. The van der Waals surface area contributed by atoms with Crippen LogP contribution in [0.15, 0.2) is 60.7 Å². The fraction of sp³-hybridized carbons (Fsp3) is 0.435. The molecule has 0 saturated carbocycles. The third kappa shape index (κ3) is 5.91. The fourth-order valence-corrected chi connectivity index (χ4v) is 3.81. The van der Waals surface area contributed by atoms with E-state index in [9.17, 15) is 4.79 Å². The maximum Gasteiger partial charge on any atom is 0.236 e. The van der Waals surface area contributed by atoms with Crippen molar-refractivity contribution < 1.29 is 4.79 Å². The molecular weight excluding hydrogens is 334 g/mol. The maximum absolute atomic E-state index is 13.0. The summed E-state index contributed by atoms with van der Waals surface area (Å²) < 4.78 is 0. The molecule has 4 nitrogen and oxygen atoms in total. The van der Waals surface area contributed by atoms with E-state index < -0.39 is 0 Å². The smallest absolute Gasteiger partial charge is 0.236 e. The van der Waals surface area contributed by atoms with E-state index in [1.165, 1.54) is 11.1 Å². The van der Waals surface area contributed by atoms with E-state index in [1.54, 1.807) is 0 Å². The van der Waals surface area contributed by atoms with Gasteiger partial charge in [0, 0.05) is 32.2 Å². The topological polar surface area (TPSA) is 49.6 Å². The van der Waals surface area contributed by atoms with E-state index in [0.29, 0.717) is 12.5 Å². The summed E-state index contributed by atoms with van der Waals surface area (Å²) in [6, 6.07) is 20.9. The quantitative estimate of drug-likeness (QED) is 0.819. The molecule has 2 aromatic rings. The minimum atomic E-state index is 0.144. The second-order valence-corrected chi connectivity index (χ2v) is 7.72. The first-order chi connectivity index (χ1) is 13.1. The Morgan fingerprint density at radius 3 is 2.15 bits per heavy atom. The van der Waals surface area contributed by atoms with Crippen LogP contribution in [0.1, 0.15) is 30.9 Å². The molecule has 3 rings (SSSR count). The SMILES string of the molecule is CC(N)C1CCCN(C(=O)CN(Cc2ccccc2)Cc2ccccc2)C1. The summed E-state index contributed by atoms with van der Waals surface area (Å²) in [6.45, 7) is 5.68. The molecule has 2 atom stereocenters. The summed E-state index contributed by atoms with van der Waals surface area (Å²) in [6.07, 6.45) is 2.18. The number of carbonyl (C=O) groups is 1. The second kappa shape index (κ2) is 9.67. The molecule has 1 aliphatic heterocycles. The lowest BCUT2D eigenvalue weighted by molar-refractivity contribution is -0.134. The lowest BCUT2D eigenvalue weighted by atomic mass is 9.92. The zero-order chi connectivity index (χ0) is 19.1. The average molecular weight is 366 g/mol. The molecule has 0 bridgehead atoms. The molecule has 0 radical (unpaired) electrons. The van der Waals surface area contributed by atoms with E-state index in [-0.39, 0.29) is 11.9 Å². The van der Waals surface area contributed by atoms with Gasteiger partial charge in [0.25, 0.3) is 0 Å². The summed E-state index contributed by atoms with van der Waals surface area (Å²) in [5.41, 5.74) is 8.55. The van der Waals surface area contributed by atoms with E-state index >= 15 is 0 Å². The van der Waals surface area contributed by atoms with Crippen LogP contribution in [0.2, 0.25) is 0 Å². The van der Waals surface area contributed by atoms with Gasteiger partial charge in [-0.1, -0.05) is 60.7 Å². The number of amides is 1. The summed E-state index contributed by atoms with van der Waals surface area (Å²) in [4.78, 5) is 17.3. The summed E-state index contributed by atoms with van der Waals surface area (Å²) >= 11 is 0. The molecule has 1 heterocycles. The molecule has 2 aromatic carbocycles. The molecular formula is C23H31N3O. The van der Waals surface area contributed by atoms with Crippen LogP contribution in [0.5, 0.6) is 0 Å². The van der Waals surface area contributed by atoms with Gasteiger partial charge >= 0.3 is 0 Å². The Morgan fingerprint density at radius 1 is 1.07 bits per heavy atom. The molecule has 0 spiro atoms. The highest BCUT2D eigenvalue weighted by Gasteiger charge is 2.26. The Bertz CT molecular complexity index is 661. The Kier molecular flexibility index (Phi) is 7.02. The lowest BCUT2D eigenvalue weighted by Gasteiger charge is -2.36. The Hall–Kier alpha value is -2.17. The lowest BCUT2D eigenvalue weighted by Crippen LogP contribution is -2.48. The largest absolute Gasteiger partial charge is 0.341 e. The third-order valence-electron chi connectivity index (χ3n) is 5.41. The number of rotatable bonds is 7. The number of hydrogen-bond acceptors (Lipinski definition) is 3. The first-order valence-corrected chi connectivity index (χ1v) is 9.95. The van der Waals surface area contributed by atoms with Gasteiger partial charge in [0.05, 0.1) is 6.54 Å². The van der Waals surface area contributed by atoms with Gasteiger partial charge < -0.3 is 10.6 Å². The number of carbonyl (C=O) groups excluding carboxylic acids is 1. The molecule has 1 aliphatic rings. The second-order valence-electron chi connectivity index (χ2n) is 7.72. The number of piperidine rings is 1. The molecule has 144 valence electrons. The number of likely N-dealkylation sites (tertiary alicyclic amines) is 1. The van der Waals surface area contributed by atoms with Gasteiger partial charge in [0.2, 0.25) is 5.91 Å². The maximum atomic E-state index is 13.0. The highest BCUT2D eigenvalue weighted by atomic mass is 16.2. The van der Waals surface area contributed by atoms with Crippen molar-refractivity contribution in [2.45, 2.75) is 38.9 Å². The van der Waals surface area contributed by atoms with E-state index in [4.69, 9.17) is 5.73 Å². The molecule has 2 unspecified atom stereocenters. The van der Waals surface area contributed by atoms with Crippen LogP contribution in [0.25, 0.3) is 0 Å². The molecule has 4 heteroatoms. The molecule has 2 N–H and O–H groups in total. The molecule has 1 fully saturated rings. The highest BCUT2D eigenvalue weighted by molar-refractivity contribution is 5.78. The van der Waals surface area contributed by atoms with Gasteiger partial charge in [-0.2, -0.15) is 0 Å². The van der Waals surface area contributed by atoms with E-state index in [1.807, 2.05) is 17.0 Å². The van der Waals surface area contributed by atoms with Crippen molar-refractivity contribution in [3.63, 3.8) is 0 Å². The van der Waals surface area contributed by atoms with Crippen LogP contribution in [0.3, 0.4) is 0 Å². The number of hydrogen-bond donors (Lipinski definition) is 1. The summed E-state index contributed by atoms with van der Waals surface area (Å²) in [7, 11) is 0. The van der Waals surface area contributed by atoms with Crippen LogP contribution < -0.4 is 5.73 Å². The van der Waals surface area contributed by atoms with Crippen LogP contribution in [0.4, 0.5) is 0 Å². The van der Waals surface area contributed by atoms with E-state index in [0.717, 1.165) is 39.0 Å². The summed E-state index contributed by atoms with van der Waals surface area (Å²) in [5.74, 6) is 0.631. The van der Waals surface area contributed by atoms with Crippen molar-refractivity contribution >= 4 is 5.91 Å². The van der Waals surface area contributed by atoms with Crippen LogP contribution in [0, 0.1) is 5.92 Å². The van der Waals surface area contributed by atoms with Crippen molar-refractivity contribution in [2.75, 3.05) is 19.6 Å². The van der Waals surface area contributed by atoms with Crippen molar-refractivity contribution in [3.8, 4) is 0 Å². The van der Waals surface area contributed by atoms with Gasteiger partial charge in [-0.3, -0.25) is 9.69 Å². The Labute approximate surface area is 163 Å². The van der Waals surface area contributed by atoms with Gasteiger partial charge in [-0.15, -0.1) is 0 Å². The van der Waals surface area contributed by atoms with Gasteiger partial charge in [0.15, 0.2) is 0 Å². The van der Waals surface area contributed by atoms with Crippen molar-refractivity contribution in [1.29, 1.82) is 0 Å². The van der Waals surface area contributed by atoms with Gasteiger partial charge in [-0.25, -0.2) is 0 Å².